The second kappa shape index (κ2) is 2.13. The molecule has 0 aromatic rings. The van der Waals surface area contributed by atoms with Crippen LogP contribution in [0.5, 0.6) is 0 Å². The van der Waals surface area contributed by atoms with E-state index < -0.39 is 0 Å². The second-order valence-electron chi connectivity index (χ2n) is 3.13. The van der Waals surface area contributed by atoms with Crippen molar-refractivity contribution in [3.8, 4) is 0 Å². The number of hydrogen-bond acceptors (Lipinski definition) is 1. The molecule has 50 valence electrons. The van der Waals surface area contributed by atoms with Gasteiger partial charge in [0.15, 0.2) is 0 Å². The first-order chi connectivity index (χ1) is 4.47. The van der Waals surface area contributed by atoms with Gasteiger partial charge in [-0.3, -0.25) is 4.99 Å². The fourth-order valence-corrected chi connectivity index (χ4v) is 1.76. The fourth-order valence-electron chi connectivity index (χ4n) is 1.76. The summed E-state index contributed by atoms with van der Waals surface area (Å²) in [6.45, 7) is 1.15. The highest BCUT2D eigenvalue weighted by Gasteiger charge is 2.24. The van der Waals surface area contributed by atoms with Crippen molar-refractivity contribution in [3.63, 3.8) is 0 Å². The van der Waals surface area contributed by atoms with Crippen LogP contribution >= 0.6 is 0 Å². The lowest BCUT2D eigenvalue weighted by Gasteiger charge is -2.22. The number of rotatable bonds is 0. The second-order valence-corrected chi connectivity index (χ2v) is 3.13. The average molecular weight is 123 g/mol. The summed E-state index contributed by atoms with van der Waals surface area (Å²) in [6, 6.07) is 0. The van der Waals surface area contributed by atoms with Gasteiger partial charge in [0.2, 0.25) is 0 Å². The van der Waals surface area contributed by atoms with E-state index in [1.165, 1.54) is 37.8 Å². The van der Waals surface area contributed by atoms with Crippen LogP contribution in [0.25, 0.3) is 0 Å². The molecule has 1 heteroatoms. The molecule has 0 radical (unpaired) electrons. The van der Waals surface area contributed by atoms with Crippen LogP contribution in [0.4, 0.5) is 0 Å². The van der Waals surface area contributed by atoms with Crippen molar-refractivity contribution in [1.82, 2.24) is 0 Å². The summed E-state index contributed by atoms with van der Waals surface area (Å²) >= 11 is 0. The first kappa shape index (κ1) is 5.45. The predicted octanol–water partition coefficient (Wildman–Crippen LogP) is 2.02. The zero-order chi connectivity index (χ0) is 6.10. The molecule has 0 saturated heterocycles. The van der Waals surface area contributed by atoms with Crippen molar-refractivity contribution in [2.24, 2.45) is 10.9 Å². The van der Waals surface area contributed by atoms with E-state index in [1.54, 1.807) is 0 Å². The van der Waals surface area contributed by atoms with Gasteiger partial charge in [-0.1, -0.05) is 12.8 Å². The van der Waals surface area contributed by atoms with Gasteiger partial charge in [0.1, 0.15) is 0 Å². The lowest BCUT2D eigenvalue weighted by atomic mass is 9.93. The molecule has 1 nitrogen and oxygen atoms in total. The monoisotopic (exact) mass is 123 g/mol. The van der Waals surface area contributed by atoms with Crippen LogP contribution in [0, 0.1) is 5.92 Å². The molecular weight excluding hydrogens is 110 g/mol. The number of nitrogens with zero attached hydrogens (tertiary/aromatic N) is 1. The van der Waals surface area contributed by atoms with Gasteiger partial charge < -0.3 is 0 Å². The maximum atomic E-state index is 4.37. The van der Waals surface area contributed by atoms with Gasteiger partial charge in [0, 0.05) is 18.2 Å². The van der Waals surface area contributed by atoms with Gasteiger partial charge in [0.25, 0.3) is 0 Å². The molecule has 9 heavy (non-hydrogen) atoms. The molecule has 1 atom stereocenters. The highest BCUT2D eigenvalue weighted by Crippen LogP contribution is 2.26. The van der Waals surface area contributed by atoms with Crippen molar-refractivity contribution in [3.05, 3.63) is 0 Å². The van der Waals surface area contributed by atoms with Crippen LogP contribution in [0.15, 0.2) is 4.99 Å². The summed E-state index contributed by atoms with van der Waals surface area (Å²) in [5.41, 5.74) is 1.53. The highest BCUT2D eigenvalue weighted by atomic mass is 14.8. The van der Waals surface area contributed by atoms with Gasteiger partial charge in [-0.05, 0) is 19.3 Å². The highest BCUT2D eigenvalue weighted by molar-refractivity contribution is 5.91. The summed E-state index contributed by atoms with van der Waals surface area (Å²) in [4.78, 5) is 4.37. The maximum Gasteiger partial charge on any atom is 0.0469 e. The molecule has 1 aliphatic heterocycles. The van der Waals surface area contributed by atoms with Gasteiger partial charge in [0.05, 0.1) is 0 Å². The van der Waals surface area contributed by atoms with Gasteiger partial charge >= 0.3 is 0 Å². The van der Waals surface area contributed by atoms with Crippen molar-refractivity contribution >= 4 is 5.71 Å². The minimum Gasteiger partial charge on any atom is -0.293 e. The number of aliphatic imine (C=N–C) groups is 1. The molecule has 0 aromatic heterocycles. The van der Waals surface area contributed by atoms with Crippen LogP contribution in [0.3, 0.4) is 0 Å². The standard InChI is InChI=1S/C8H13N/c1-2-4-7-6-9-8(7)5-3-1/h7H,1-6H2. The molecule has 1 saturated carbocycles. The lowest BCUT2D eigenvalue weighted by molar-refractivity contribution is 0.567. The summed E-state index contributed by atoms with van der Waals surface area (Å²) in [6.07, 6.45) is 7.03. The van der Waals surface area contributed by atoms with E-state index in [0.717, 1.165) is 12.5 Å². The first-order valence-electron chi connectivity index (χ1n) is 4.00. The molecule has 1 heterocycles. The quantitative estimate of drug-likeness (QED) is 0.467. The fraction of sp³-hybridized carbons (Fsp3) is 0.875. The third kappa shape index (κ3) is 0.887. The molecule has 2 aliphatic rings. The summed E-state index contributed by atoms with van der Waals surface area (Å²) < 4.78 is 0. The zero-order valence-corrected chi connectivity index (χ0v) is 5.77. The molecule has 2 rings (SSSR count). The number of fused-ring (bicyclic) bond motifs is 1. The summed E-state index contributed by atoms with van der Waals surface area (Å²) in [5, 5.41) is 0. The van der Waals surface area contributed by atoms with E-state index in [4.69, 9.17) is 0 Å². The molecule has 1 unspecified atom stereocenters. The third-order valence-electron chi connectivity index (χ3n) is 2.47. The minimum atomic E-state index is 0.924. The largest absolute Gasteiger partial charge is 0.293 e. The third-order valence-corrected chi connectivity index (χ3v) is 2.47. The zero-order valence-electron chi connectivity index (χ0n) is 5.77. The van der Waals surface area contributed by atoms with E-state index in [1.807, 2.05) is 0 Å². The Kier molecular flexibility index (Phi) is 1.29. The molecular formula is C8H13N. The number of hydrogen-bond donors (Lipinski definition) is 0. The Labute approximate surface area is 56.2 Å². The molecule has 0 spiro atoms. The smallest absolute Gasteiger partial charge is 0.0469 e. The Bertz CT molecular complexity index is 138. The van der Waals surface area contributed by atoms with E-state index in [2.05, 4.69) is 4.99 Å². The molecule has 0 amide bonds. The molecule has 1 aliphatic carbocycles. The van der Waals surface area contributed by atoms with E-state index >= 15 is 0 Å². The van der Waals surface area contributed by atoms with Crippen LogP contribution < -0.4 is 0 Å². The molecule has 1 fully saturated rings. The van der Waals surface area contributed by atoms with E-state index in [0.29, 0.717) is 0 Å². The molecule has 0 bridgehead atoms. The Balaban J connectivity index is 2.03. The molecule has 0 N–H and O–H groups in total. The van der Waals surface area contributed by atoms with Crippen molar-refractivity contribution in [1.29, 1.82) is 0 Å². The normalized spacial score (nSPS) is 33.8. The molecule has 0 aromatic carbocycles. The topological polar surface area (TPSA) is 12.4 Å². The maximum absolute atomic E-state index is 4.37. The Hall–Kier alpha value is -0.330. The van der Waals surface area contributed by atoms with Crippen molar-refractivity contribution in [2.75, 3.05) is 6.54 Å². The van der Waals surface area contributed by atoms with Gasteiger partial charge in [-0.15, -0.1) is 0 Å². The Morgan fingerprint density at radius 2 is 2.22 bits per heavy atom. The first-order valence-corrected chi connectivity index (χ1v) is 4.00. The van der Waals surface area contributed by atoms with Crippen LogP contribution in [-0.4, -0.2) is 12.3 Å². The van der Waals surface area contributed by atoms with Crippen molar-refractivity contribution in [2.45, 2.75) is 32.1 Å². The average Bonchev–Trinajstić information content (AvgIpc) is 1.94. The Morgan fingerprint density at radius 1 is 1.22 bits per heavy atom. The van der Waals surface area contributed by atoms with E-state index in [-0.39, 0.29) is 0 Å². The SMILES string of the molecule is C1CCC2=NCC2CC1. The summed E-state index contributed by atoms with van der Waals surface area (Å²) in [5.74, 6) is 0.924. The predicted molar refractivity (Wildman–Crippen MR) is 38.9 cm³/mol. The van der Waals surface area contributed by atoms with Crippen molar-refractivity contribution < 1.29 is 0 Å². The summed E-state index contributed by atoms with van der Waals surface area (Å²) in [7, 11) is 0. The van der Waals surface area contributed by atoms with E-state index in [9.17, 15) is 0 Å². The Morgan fingerprint density at radius 3 is 3.00 bits per heavy atom. The van der Waals surface area contributed by atoms with Crippen LogP contribution in [-0.2, 0) is 0 Å². The van der Waals surface area contributed by atoms with Gasteiger partial charge in [-0.25, -0.2) is 0 Å². The van der Waals surface area contributed by atoms with Crippen LogP contribution in [0.1, 0.15) is 32.1 Å². The lowest BCUT2D eigenvalue weighted by Crippen LogP contribution is -2.25. The van der Waals surface area contributed by atoms with Crippen LogP contribution in [0.2, 0.25) is 0 Å². The van der Waals surface area contributed by atoms with Gasteiger partial charge in [-0.2, -0.15) is 0 Å². The minimum absolute atomic E-state index is 0.924.